The van der Waals surface area contributed by atoms with E-state index in [0.717, 1.165) is 30.3 Å². The Kier molecular flexibility index (Phi) is 4.58. The van der Waals surface area contributed by atoms with Gasteiger partial charge in [0.15, 0.2) is 0 Å². The summed E-state index contributed by atoms with van der Waals surface area (Å²) in [7, 11) is 1.69. The molecule has 1 aromatic carbocycles. The maximum absolute atomic E-state index is 12.7. The number of amides is 1. The third-order valence-corrected chi connectivity index (χ3v) is 5.65. The molecule has 1 atom stereocenters. The molecule has 0 radical (unpaired) electrons. The first-order valence-electron chi connectivity index (χ1n) is 9.40. The summed E-state index contributed by atoms with van der Waals surface area (Å²) in [5.41, 5.74) is 1.40. The third-order valence-electron chi connectivity index (χ3n) is 5.65. The first-order chi connectivity index (χ1) is 13.1. The van der Waals surface area contributed by atoms with Crippen LogP contribution in [0.25, 0.3) is 10.9 Å². The molecule has 0 aliphatic carbocycles. The van der Waals surface area contributed by atoms with Crippen LogP contribution in [0.15, 0.2) is 29.1 Å². The summed E-state index contributed by atoms with van der Waals surface area (Å²) in [4.78, 5) is 29.3. The highest BCUT2D eigenvalue weighted by Crippen LogP contribution is 2.29. The highest BCUT2D eigenvalue weighted by Gasteiger charge is 2.30. The van der Waals surface area contributed by atoms with Crippen molar-refractivity contribution < 1.29 is 4.79 Å². The predicted molar refractivity (Wildman–Crippen MR) is 104 cm³/mol. The fourth-order valence-electron chi connectivity index (χ4n) is 4.17. The fraction of sp³-hybridized carbons (Fsp3) is 0.450. The first-order valence-corrected chi connectivity index (χ1v) is 9.40. The maximum atomic E-state index is 12.7. The summed E-state index contributed by atoms with van der Waals surface area (Å²) in [5.74, 6) is 0.168. The summed E-state index contributed by atoms with van der Waals surface area (Å²) in [6.45, 7) is 3.34. The number of hydrogen-bond donors (Lipinski definition) is 1. The highest BCUT2D eigenvalue weighted by atomic mass is 16.2. The maximum Gasteiger partial charge on any atom is 0.270 e. The van der Waals surface area contributed by atoms with E-state index in [1.807, 2.05) is 29.2 Å². The number of hydrogen-bond acceptors (Lipinski definition) is 5. The van der Waals surface area contributed by atoms with E-state index < -0.39 is 0 Å². The number of aromatic nitrogens is 1. The number of anilines is 1. The lowest BCUT2D eigenvalue weighted by Gasteiger charge is -2.38. The molecule has 7 heteroatoms. The van der Waals surface area contributed by atoms with Crippen LogP contribution in [0, 0.1) is 11.3 Å². The van der Waals surface area contributed by atoms with Crippen molar-refractivity contribution in [3.8, 4) is 6.07 Å². The fourth-order valence-corrected chi connectivity index (χ4v) is 4.17. The topological polar surface area (TPSA) is 81.4 Å². The molecule has 2 saturated heterocycles. The Bertz CT molecular complexity index is 976. The van der Waals surface area contributed by atoms with E-state index in [1.54, 1.807) is 7.05 Å². The van der Waals surface area contributed by atoms with Gasteiger partial charge in [0.1, 0.15) is 11.6 Å². The second kappa shape index (κ2) is 7.05. The predicted octanol–water partition coefficient (Wildman–Crippen LogP) is 0.811. The summed E-state index contributed by atoms with van der Waals surface area (Å²) in [6, 6.07) is 9.70. The number of nitriles is 1. The summed E-state index contributed by atoms with van der Waals surface area (Å²) < 4.78 is 1.53. The van der Waals surface area contributed by atoms with Crippen molar-refractivity contribution >= 4 is 22.5 Å². The van der Waals surface area contributed by atoms with Gasteiger partial charge in [0.05, 0.1) is 17.2 Å². The molecule has 2 aromatic rings. The third kappa shape index (κ3) is 2.96. The number of fused-ring (bicyclic) bond motifs is 1. The Labute approximate surface area is 157 Å². The lowest BCUT2D eigenvalue weighted by molar-refractivity contribution is -0.133. The molecule has 1 unspecified atom stereocenters. The Hall–Kier alpha value is -2.85. The van der Waals surface area contributed by atoms with Crippen LogP contribution in [0.2, 0.25) is 0 Å². The van der Waals surface area contributed by atoms with Crippen LogP contribution in [-0.4, -0.2) is 54.1 Å². The number of benzene rings is 1. The van der Waals surface area contributed by atoms with Crippen molar-refractivity contribution in [3.63, 3.8) is 0 Å². The van der Waals surface area contributed by atoms with E-state index in [9.17, 15) is 14.9 Å². The molecule has 1 aromatic heterocycles. The number of rotatable bonds is 2. The number of nitrogens with one attached hydrogen (secondary N) is 1. The molecule has 4 rings (SSSR count). The van der Waals surface area contributed by atoms with E-state index in [1.165, 1.54) is 4.57 Å². The molecule has 0 bridgehead atoms. The molecule has 1 N–H and O–H groups in total. The Balaban J connectivity index is 1.64. The van der Waals surface area contributed by atoms with Crippen molar-refractivity contribution in [2.45, 2.75) is 18.9 Å². The van der Waals surface area contributed by atoms with Gasteiger partial charge in [-0.25, -0.2) is 0 Å². The van der Waals surface area contributed by atoms with Gasteiger partial charge in [0.2, 0.25) is 5.91 Å². The molecule has 1 amide bonds. The van der Waals surface area contributed by atoms with Crippen LogP contribution in [-0.2, 0) is 11.8 Å². The Morgan fingerprint density at radius 2 is 1.96 bits per heavy atom. The lowest BCUT2D eigenvalue weighted by Crippen LogP contribution is -2.53. The first kappa shape index (κ1) is 17.6. The second-order valence-corrected chi connectivity index (χ2v) is 7.18. The number of nitrogens with zero attached hydrogens (tertiary/aromatic N) is 4. The van der Waals surface area contributed by atoms with Crippen molar-refractivity contribution in [3.05, 3.63) is 40.2 Å². The van der Waals surface area contributed by atoms with Gasteiger partial charge < -0.3 is 19.7 Å². The zero-order valence-corrected chi connectivity index (χ0v) is 15.4. The van der Waals surface area contributed by atoms with Gasteiger partial charge in [-0.2, -0.15) is 5.26 Å². The minimum Gasteiger partial charge on any atom is -0.366 e. The molecule has 0 saturated carbocycles. The minimum absolute atomic E-state index is 0.0592. The molecule has 27 heavy (non-hydrogen) atoms. The summed E-state index contributed by atoms with van der Waals surface area (Å²) >= 11 is 0. The Morgan fingerprint density at radius 3 is 2.63 bits per heavy atom. The van der Waals surface area contributed by atoms with E-state index in [4.69, 9.17) is 0 Å². The van der Waals surface area contributed by atoms with Gasteiger partial charge in [-0.05, 0) is 25.5 Å². The highest BCUT2D eigenvalue weighted by molar-refractivity contribution is 5.95. The molecule has 140 valence electrons. The van der Waals surface area contributed by atoms with Crippen molar-refractivity contribution in [2.75, 3.05) is 37.6 Å². The van der Waals surface area contributed by atoms with Gasteiger partial charge in [0.25, 0.3) is 5.56 Å². The zero-order valence-electron chi connectivity index (χ0n) is 15.4. The number of para-hydroxylation sites is 1. The quantitative estimate of drug-likeness (QED) is 0.852. The van der Waals surface area contributed by atoms with Gasteiger partial charge in [-0.3, -0.25) is 9.59 Å². The molecular weight excluding hydrogens is 342 g/mol. The van der Waals surface area contributed by atoms with Crippen LogP contribution in [0.3, 0.4) is 0 Å². The largest absolute Gasteiger partial charge is 0.366 e. The average Bonchev–Trinajstić information content (AvgIpc) is 3.25. The Morgan fingerprint density at radius 1 is 1.22 bits per heavy atom. The van der Waals surface area contributed by atoms with Gasteiger partial charge in [-0.15, -0.1) is 0 Å². The second-order valence-electron chi connectivity index (χ2n) is 7.18. The number of aryl methyl sites for hydroxylation is 1. The molecule has 2 fully saturated rings. The summed E-state index contributed by atoms with van der Waals surface area (Å²) in [5, 5.41) is 13.8. The number of carbonyl (C=O) groups is 1. The van der Waals surface area contributed by atoms with Gasteiger partial charge >= 0.3 is 0 Å². The van der Waals surface area contributed by atoms with Crippen molar-refractivity contribution in [1.29, 1.82) is 5.26 Å². The van der Waals surface area contributed by atoms with Crippen LogP contribution in [0.5, 0.6) is 0 Å². The SMILES string of the molecule is Cn1c(=O)c(C#N)c(N2CCN(C(=O)C3CCCN3)CC2)c2ccccc21. The van der Waals surface area contributed by atoms with Crippen molar-refractivity contribution in [2.24, 2.45) is 7.05 Å². The van der Waals surface area contributed by atoms with Crippen LogP contribution in [0.4, 0.5) is 5.69 Å². The van der Waals surface area contributed by atoms with Crippen molar-refractivity contribution in [1.82, 2.24) is 14.8 Å². The van der Waals surface area contributed by atoms with Gasteiger partial charge in [-0.1, -0.05) is 18.2 Å². The van der Waals surface area contributed by atoms with Crippen LogP contribution >= 0.6 is 0 Å². The van der Waals surface area contributed by atoms with E-state index in [2.05, 4.69) is 16.3 Å². The molecule has 2 aliphatic rings. The van der Waals surface area contributed by atoms with E-state index >= 15 is 0 Å². The standard InChI is InChI=1S/C20H23N5O2/c1-23-17-7-3-2-5-14(17)18(15(13-21)19(23)26)24-9-11-25(12-10-24)20(27)16-6-4-8-22-16/h2-3,5,7,16,22H,4,6,8-12H2,1H3. The normalized spacial score (nSPS) is 20.1. The molecule has 3 heterocycles. The zero-order chi connectivity index (χ0) is 19.0. The smallest absolute Gasteiger partial charge is 0.270 e. The van der Waals surface area contributed by atoms with E-state index in [0.29, 0.717) is 31.9 Å². The lowest BCUT2D eigenvalue weighted by atomic mass is 10.1. The number of pyridine rings is 1. The average molecular weight is 365 g/mol. The van der Waals surface area contributed by atoms with Gasteiger partial charge in [0, 0.05) is 38.6 Å². The summed E-state index contributed by atoms with van der Waals surface area (Å²) in [6.07, 6.45) is 1.94. The van der Waals surface area contributed by atoms with Crippen LogP contribution in [0.1, 0.15) is 18.4 Å². The number of piperazine rings is 1. The van der Waals surface area contributed by atoms with Crippen LogP contribution < -0.4 is 15.8 Å². The monoisotopic (exact) mass is 365 g/mol. The molecule has 7 nitrogen and oxygen atoms in total. The number of carbonyl (C=O) groups excluding carboxylic acids is 1. The molecule has 2 aliphatic heterocycles. The van der Waals surface area contributed by atoms with E-state index in [-0.39, 0.29) is 23.1 Å². The minimum atomic E-state index is -0.278. The molecule has 0 spiro atoms. The molecular formula is C20H23N5O2.